The molecule has 1 aliphatic heterocycles. The molecule has 1 atom stereocenters. The molecule has 1 unspecified atom stereocenters. The molecule has 0 bridgehead atoms. The highest BCUT2D eigenvalue weighted by Crippen LogP contribution is 2.33. The minimum absolute atomic E-state index is 0.375. The van der Waals surface area contributed by atoms with E-state index in [4.69, 9.17) is 4.74 Å². The Morgan fingerprint density at radius 2 is 2.17 bits per heavy atom. The monoisotopic (exact) mass is 254 g/mol. The number of hydrogen-bond donors (Lipinski definition) is 1. The Hall–Kier alpha value is -0.120. The molecular formula is C15H30N2O. The fourth-order valence-corrected chi connectivity index (χ4v) is 3.05. The Kier molecular flexibility index (Phi) is 5.46. The number of hydrogen-bond acceptors (Lipinski definition) is 3. The molecule has 0 aromatic rings. The van der Waals surface area contributed by atoms with Crippen LogP contribution in [-0.2, 0) is 4.74 Å². The SMILES string of the molecule is CCCN(CC1CC1)CC1(CNCC)CCOC1. The van der Waals surface area contributed by atoms with Crippen molar-refractivity contribution < 1.29 is 4.74 Å². The van der Waals surface area contributed by atoms with Crippen LogP contribution in [0.5, 0.6) is 0 Å². The summed E-state index contributed by atoms with van der Waals surface area (Å²) in [6.07, 6.45) is 5.41. The smallest absolute Gasteiger partial charge is 0.0547 e. The van der Waals surface area contributed by atoms with E-state index < -0.39 is 0 Å². The lowest BCUT2D eigenvalue weighted by Gasteiger charge is -2.34. The average Bonchev–Trinajstić information content (AvgIpc) is 3.05. The molecule has 1 aliphatic carbocycles. The van der Waals surface area contributed by atoms with E-state index in [0.29, 0.717) is 5.41 Å². The number of nitrogens with one attached hydrogen (secondary N) is 1. The van der Waals surface area contributed by atoms with E-state index >= 15 is 0 Å². The molecule has 2 rings (SSSR count). The fourth-order valence-electron chi connectivity index (χ4n) is 3.05. The first-order valence-electron chi connectivity index (χ1n) is 7.79. The van der Waals surface area contributed by atoms with E-state index in [1.165, 1.54) is 45.3 Å². The summed E-state index contributed by atoms with van der Waals surface area (Å²) in [5.41, 5.74) is 0.375. The second-order valence-electron chi connectivity index (χ2n) is 6.26. The predicted molar refractivity (Wildman–Crippen MR) is 75.9 cm³/mol. The van der Waals surface area contributed by atoms with Gasteiger partial charge in [0, 0.05) is 31.7 Å². The van der Waals surface area contributed by atoms with Gasteiger partial charge >= 0.3 is 0 Å². The van der Waals surface area contributed by atoms with Crippen molar-refractivity contribution in [1.82, 2.24) is 10.2 Å². The maximum absolute atomic E-state index is 5.69. The molecule has 1 saturated heterocycles. The Labute approximate surface area is 112 Å². The molecule has 18 heavy (non-hydrogen) atoms. The number of ether oxygens (including phenoxy) is 1. The van der Waals surface area contributed by atoms with Gasteiger partial charge in [-0.25, -0.2) is 0 Å². The summed E-state index contributed by atoms with van der Waals surface area (Å²) in [6.45, 7) is 12.4. The van der Waals surface area contributed by atoms with Gasteiger partial charge in [0.2, 0.25) is 0 Å². The van der Waals surface area contributed by atoms with Crippen molar-refractivity contribution in [2.75, 3.05) is 45.9 Å². The van der Waals surface area contributed by atoms with E-state index in [-0.39, 0.29) is 0 Å². The van der Waals surface area contributed by atoms with Crippen LogP contribution in [0.15, 0.2) is 0 Å². The van der Waals surface area contributed by atoms with Crippen molar-refractivity contribution >= 4 is 0 Å². The third-order valence-electron chi connectivity index (χ3n) is 4.25. The Bertz CT molecular complexity index is 235. The molecule has 0 amide bonds. The fraction of sp³-hybridized carbons (Fsp3) is 1.00. The van der Waals surface area contributed by atoms with Crippen LogP contribution in [0.2, 0.25) is 0 Å². The van der Waals surface area contributed by atoms with Gasteiger partial charge in [0.15, 0.2) is 0 Å². The molecule has 2 fully saturated rings. The van der Waals surface area contributed by atoms with Gasteiger partial charge in [-0.15, -0.1) is 0 Å². The second-order valence-corrected chi connectivity index (χ2v) is 6.26. The first-order chi connectivity index (χ1) is 8.78. The van der Waals surface area contributed by atoms with E-state index in [9.17, 15) is 0 Å². The molecule has 1 saturated carbocycles. The van der Waals surface area contributed by atoms with Crippen LogP contribution in [0, 0.1) is 11.3 Å². The van der Waals surface area contributed by atoms with Gasteiger partial charge in [0.25, 0.3) is 0 Å². The Morgan fingerprint density at radius 1 is 1.33 bits per heavy atom. The molecule has 0 radical (unpaired) electrons. The molecular weight excluding hydrogens is 224 g/mol. The molecule has 106 valence electrons. The highest BCUT2D eigenvalue weighted by molar-refractivity contribution is 4.89. The van der Waals surface area contributed by atoms with Gasteiger partial charge in [0.05, 0.1) is 6.61 Å². The van der Waals surface area contributed by atoms with E-state index in [0.717, 1.165) is 32.2 Å². The van der Waals surface area contributed by atoms with Crippen LogP contribution in [0.1, 0.15) is 39.5 Å². The summed E-state index contributed by atoms with van der Waals surface area (Å²) in [4.78, 5) is 2.70. The van der Waals surface area contributed by atoms with Gasteiger partial charge in [-0.2, -0.15) is 0 Å². The highest BCUT2D eigenvalue weighted by Gasteiger charge is 2.37. The second kappa shape index (κ2) is 6.88. The first-order valence-corrected chi connectivity index (χ1v) is 7.79. The topological polar surface area (TPSA) is 24.5 Å². The van der Waals surface area contributed by atoms with Gasteiger partial charge < -0.3 is 15.0 Å². The third kappa shape index (κ3) is 4.22. The first kappa shape index (κ1) is 14.3. The summed E-state index contributed by atoms with van der Waals surface area (Å²) in [5, 5.41) is 3.54. The molecule has 0 aromatic carbocycles. The largest absolute Gasteiger partial charge is 0.381 e. The summed E-state index contributed by atoms with van der Waals surface area (Å²) in [5.74, 6) is 0.995. The minimum Gasteiger partial charge on any atom is -0.381 e. The zero-order valence-corrected chi connectivity index (χ0v) is 12.2. The highest BCUT2D eigenvalue weighted by atomic mass is 16.5. The molecule has 0 spiro atoms. The minimum atomic E-state index is 0.375. The molecule has 3 nitrogen and oxygen atoms in total. The van der Waals surface area contributed by atoms with Crippen LogP contribution in [0.3, 0.4) is 0 Å². The van der Waals surface area contributed by atoms with Crippen molar-refractivity contribution in [2.24, 2.45) is 11.3 Å². The van der Waals surface area contributed by atoms with Crippen molar-refractivity contribution in [3.05, 3.63) is 0 Å². The number of rotatable bonds is 9. The van der Waals surface area contributed by atoms with Crippen LogP contribution in [-0.4, -0.2) is 50.8 Å². The van der Waals surface area contributed by atoms with Gasteiger partial charge in [-0.3, -0.25) is 0 Å². The zero-order valence-electron chi connectivity index (χ0n) is 12.2. The molecule has 3 heteroatoms. The number of nitrogens with zero attached hydrogens (tertiary/aromatic N) is 1. The van der Waals surface area contributed by atoms with Gasteiger partial charge in [-0.05, 0) is 44.7 Å². The lowest BCUT2D eigenvalue weighted by Crippen LogP contribution is -2.45. The molecule has 1 heterocycles. The maximum atomic E-state index is 5.69. The maximum Gasteiger partial charge on any atom is 0.0547 e. The van der Waals surface area contributed by atoms with Crippen LogP contribution >= 0.6 is 0 Å². The predicted octanol–water partition coefficient (Wildman–Crippen LogP) is 2.12. The normalized spacial score (nSPS) is 28.2. The van der Waals surface area contributed by atoms with Crippen LogP contribution < -0.4 is 5.32 Å². The van der Waals surface area contributed by atoms with E-state index in [2.05, 4.69) is 24.1 Å². The van der Waals surface area contributed by atoms with Gasteiger partial charge in [-0.1, -0.05) is 13.8 Å². The Morgan fingerprint density at radius 3 is 2.72 bits per heavy atom. The summed E-state index contributed by atoms with van der Waals surface area (Å²) in [7, 11) is 0. The van der Waals surface area contributed by atoms with Crippen LogP contribution in [0.4, 0.5) is 0 Å². The van der Waals surface area contributed by atoms with Crippen LogP contribution in [0.25, 0.3) is 0 Å². The van der Waals surface area contributed by atoms with E-state index in [1.807, 2.05) is 0 Å². The summed E-state index contributed by atoms with van der Waals surface area (Å²) in [6, 6.07) is 0. The molecule has 2 aliphatic rings. The molecule has 0 aromatic heterocycles. The summed E-state index contributed by atoms with van der Waals surface area (Å²) < 4.78 is 5.69. The van der Waals surface area contributed by atoms with Crippen molar-refractivity contribution in [2.45, 2.75) is 39.5 Å². The molecule has 1 N–H and O–H groups in total. The summed E-state index contributed by atoms with van der Waals surface area (Å²) >= 11 is 0. The third-order valence-corrected chi connectivity index (χ3v) is 4.25. The van der Waals surface area contributed by atoms with Crippen molar-refractivity contribution in [3.63, 3.8) is 0 Å². The van der Waals surface area contributed by atoms with Crippen molar-refractivity contribution in [3.8, 4) is 0 Å². The lowest BCUT2D eigenvalue weighted by atomic mass is 9.86. The quantitative estimate of drug-likeness (QED) is 0.682. The zero-order chi connectivity index (χ0) is 12.8. The Balaban J connectivity index is 1.87. The van der Waals surface area contributed by atoms with Crippen molar-refractivity contribution in [1.29, 1.82) is 0 Å². The lowest BCUT2D eigenvalue weighted by molar-refractivity contribution is 0.106. The van der Waals surface area contributed by atoms with E-state index in [1.54, 1.807) is 0 Å². The van der Waals surface area contributed by atoms with Gasteiger partial charge in [0.1, 0.15) is 0 Å². The average molecular weight is 254 g/mol. The standard InChI is InChI=1S/C15H30N2O/c1-3-8-17(10-14-5-6-14)12-15(11-16-4-2)7-9-18-13-15/h14,16H,3-13H2,1-2H3.